The van der Waals surface area contributed by atoms with Gasteiger partial charge in [-0.05, 0) is 15.4 Å². The van der Waals surface area contributed by atoms with E-state index in [1.54, 1.807) is 7.11 Å². The van der Waals surface area contributed by atoms with Crippen molar-refractivity contribution in [2.45, 2.75) is 56.8 Å². The molecule has 0 aliphatic carbocycles. The molecule has 1 N–H and O–H groups in total. The zero-order valence-electron chi connectivity index (χ0n) is 17.5. The minimum atomic E-state index is -2.73. The van der Waals surface area contributed by atoms with E-state index in [0.29, 0.717) is 10.8 Å². The van der Waals surface area contributed by atoms with Crippen molar-refractivity contribution in [2.75, 3.05) is 11.5 Å². The van der Waals surface area contributed by atoms with Gasteiger partial charge in [0.1, 0.15) is 0 Å². The van der Waals surface area contributed by atoms with Crippen LogP contribution in [0.3, 0.4) is 0 Å². The molecule has 29 heavy (non-hydrogen) atoms. The number of aliphatic hydroxyl groups excluding tert-OH is 1. The standard InChI is InChI=1S/C23H31IO4Si/c1-23(2,3)29(17-11-7-5-8-12-17,18-13-9-6-10-14-18)28-20-15-19(25)21(16-24)27-22(20)26-4/h5-14,19-22,25H,15-16H2,1-4H3/t19-,20-,21+,22-/m0/s1. The zero-order chi connectivity index (χ0) is 21.1. The van der Waals surface area contributed by atoms with Crippen molar-refractivity contribution in [3.05, 3.63) is 60.7 Å². The van der Waals surface area contributed by atoms with Gasteiger partial charge >= 0.3 is 0 Å². The van der Waals surface area contributed by atoms with E-state index in [1.807, 2.05) is 12.1 Å². The molecule has 1 fully saturated rings. The van der Waals surface area contributed by atoms with Crippen LogP contribution in [0.15, 0.2) is 60.7 Å². The Morgan fingerprint density at radius 1 is 1.03 bits per heavy atom. The largest absolute Gasteiger partial charge is 0.399 e. The highest BCUT2D eigenvalue weighted by Crippen LogP contribution is 2.39. The van der Waals surface area contributed by atoms with Crippen molar-refractivity contribution in [2.24, 2.45) is 0 Å². The first-order valence-corrected chi connectivity index (χ1v) is 13.5. The van der Waals surface area contributed by atoms with E-state index in [9.17, 15) is 5.11 Å². The Bertz CT molecular complexity index is 726. The van der Waals surface area contributed by atoms with Crippen molar-refractivity contribution >= 4 is 41.3 Å². The molecular formula is C23H31IO4Si. The molecule has 2 aromatic rings. The van der Waals surface area contributed by atoms with Gasteiger partial charge in [0.05, 0.1) is 18.3 Å². The number of ether oxygens (including phenoxy) is 2. The minimum absolute atomic E-state index is 0.140. The normalized spacial score (nSPS) is 25.7. The fourth-order valence-electron chi connectivity index (χ4n) is 4.22. The van der Waals surface area contributed by atoms with Crippen LogP contribution in [0, 0.1) is 0 Å². The number of benzene rings is 2. The molecule has 4 atom stereocenters. The average Bonchev–Trinajstić information content (AvgIpc) is 2.72. The summed E-state index contributed by atoms with van der Waals surface area (Å²) >= 11 is 2.24. The van der Waals surface area contributed by atoms with Crippen molar-refractivity contribution in [3.8, 4) is 0 Å². The Balaban J connectivity index is 2.11. The van der Waals surface area contributed by atoms with Crippen LogP contribution in [0.4, 0.5) is 0 Å². The molecular weight excluding hydrogens is 495 g/mol. The summed E-state index contributed by atoms with van der Waals surface area (Å²) in [5.41, 5.74) is 0. The second-order valence-electron chi connectivity index (χ2n) is 8.56. The molecule has 1 saturated heterocycles. The molecule has 1 aliphatic rings. The summed E-state index contributed by atoms with van der Waals surface area (Å²) in [5.74, 6) is 0. The molecule has 0 bridgehead atoms. The summed E-state index contributed by atoms with van der Waals surface area (Å²) in [6.07, 6.45) is -1.15. The molecule has 3 rings (SSSR count). The molecule has 0 radical (unpaired) electrons. The smallest absolute Gasteiger partial charge is 0.261 e. The molecule has 0 amide bonds. The molecule has 158 valence electrons. The highest BCUT2D eigenvalue weighted by atomic mass is 127. The van der Waals surface area contributed by atoms with Gasteiger partial charge < -0.3 is 19.0 Å². The highest BCUT2D eigenvalue weighted by molar-refractivity contribution is 14.1. The first-order valence-electron chi connectivity index (χ1n) is 10.0. The highest BCUT2D eigenvalue weighted by Gasteiger charge is 2.53. The van der Waals surface area contributed by atoms with Gasteiger partial charge in [-0.1, -0.05) is 104 Å². The summed E-state index contributed by atoms with van der Waals surface area (Å²) in [4.78, 5) is 0. The lowest BCUT2D eigenvalue weighted by molar-refractivity contribution is -0.245. The lowest BCUT2D eigenvalue weighted by atomic mass is 10.0. The predicted octanol–water partition coefficient (Wildman–Crippen LogP) is 3.49. The maximum absolute atomic E-state index is 10.6. The Kier molecular flexibility index (Phi) is 7.56. The second-order valence-corrected chi connectivity index (χ2v) is 13.7. The molecule has 0 saturated carbocycles. The fraction of sp³-hybridized carbons (Fsp3) is 0.478. The minimum Gasteiger partial charge on any atom is -0.399 e. The number of hydrogen-bond acceptors (Lipinski definition) is 4. The SMILES string of the molecule is CO[C@H]1O[C@H](CI)[C@@H](O)C[C@@H]1O[Si](c1ccccc1)(c1ccccc1)C(C)(C)C. The Hall–Kier alpha value is -0.773. The lowest BCUT2D eigenvalue weighted by Crippen LogP contribution is -2.69. The van der Waals surface area contributed by atoms with E-state index in [0.717, 1.165) is 0 Å². The maximum Gasteiger partial charge on any atom is 0.261 e. The van der Waals surface area contributed by atoms with Crippen LogP contribution in [0.1, 0.15) is 27.2 Å². The number of halogens is 1. The topological polar surface area (TPSA) is 47.9 Å². The molecule has 2 aromatic carbocycles. The van der Waals surface area contributed by atoms with Crippen LogP contribution >= 0.6 is 22.6 Å². The van der Waals surface area contributed by atoms with Gasteiger partial charge in [0.25, 0.3) is 8.32 Å². The van der Waals surface area contributed by atoms with E-state index in [-0.39, 0.29) is 17.2 Å². The van der Waals surface area contributed by atoms with Crippen molar-refractivity contribution in [1.82, 2.24) is 0 Å². The molecule has 1 aliphatic heterocycles. The Morgan fingerprint density at radius 2 is 1.55 bits per heavy atom. The number of rotatable bonds is 6. The van der Waals surface area contributed by atoms with Crippen LogP contribution in [0.2, 0.25) is 5.04 Å². The van der Waals surface area contributed by atoms with Crippen LogP contribution in [0.5, 0.6) is 0 Å². The van der Waals surface area contributed by atoms with Gasteiger partial charge in [-0.2, -0.15) is 0 Å². The molecule has 0 aromatic heterocycles. The molecule has 1 heterocycles. The first kappa shape index (κ1) is 22.9. The van der Waals surface area contributed by atoms with Crippen molar-refractivity contribution < 1.29 is 19.0 Å². The van der Waals surface area contributed by atoms with E-state index in [4.69, 9.17) is 13.9 Å². The number of aliphatic hydroxyl groups is 1. The molecule has 0 unspecified atom stereocenters. The summed E-state index contributed by atoms with van der Waals surface area (Å²) < 4.78 is 19.6. The van der Waals surface area contributed by atoms with E-state index < -0.39 is 20.7 Å². The van der Waals surface area contributed by atoms with E-state index in [1.165, 1.54) is 10.4 Å². The van der Waals surface area contributed by atoms with Crippen LogP contribution in [0.25, 0.3) is 0 Å². The van der Waals surface area contributed by atoms with Crippen molar-refractivity contribution in [1.29, 1.82) is 0 Å². The predicted molar refractivity (Wildman–Crippen MR) is 128 cm³/mol. The Labute approximate surface area is 188 Å². The number of hydrogen-bond donors (Lipinski definition) is 1. The summed E-state index contributed by atoms with van der Waals surface area (Å²) in [6.45, 7) is 6.73. The van der Waals surface area contributed by atoms with Gasteiger partial charge in [-0.25, -0.2) is 0 Å². The van der Waals surface area contributed by atoms with Gasteiger partial charge in [0.15, 0.2) is 6.29 Å². The first-order chi connectivity index (χ1) is 13.8. The average molecular weight is 526 g/mol. The fourth-order valence-corrected chi connectivity index (χ4v) is 9.69. The van der Waals surface area contributed by atoms with Crippen LogP contribution in [-0.4, -0.2) is 49.6 Å². The maximum atomic E-state index is 10.6. The zero-order valence-corrected chi connectivity index (χ0v) is 20.7. The van der Waals surface area contributed by atoms with Gasteiger partial charge in [-0.3, -0.25) is 0 Å². The van der Waals surface area contributed by atoms with Crippen LogP contribution < -0.4 is 10.4 Å². The quantitative estimate of drug-likeness (QED) is 0.356. The van der Waals surface area contributed by atoms with Gasteiger partial charge in [-0.15, -0.1) is 0 Å². The molecule has 6 heteroatoms. The molecule has 0 spiro atoms. The number of methoxy groups -OCH3 is 1. The van der Waals surface area contributed by atoms with E-state index >= 15 is 0 Å². The van der Waals surface area contributed by atoms with Crippen molar-refractivity contribution in [3.63, 3.8) is 0 Å². The lowest BCUT2D eigenvalue weighted by Gasteiger charge is -2.48. The monoisotopic (exact) mass is 526 g/mol. The third-order valence-corrected chi connectivity index (χ3v) is 11.6. The molecule has 4 nitrogen and oxygen atoms in total. The van der Waals surface area contributed by atoms with E-state index in [2.05, 4.69) is 91.9 Å². The Morgan fingerprint density at radius 3 is 1.97 bits per heavy atom. The third-order valence-electron chi connectivity index (χ3n) is 5.64. The second kappa shape index (κ2) is 9.57. The van der Waals surface area contributed by atoms with Crippen LogP contribution in [-0.2, 0) is 13.9 Å². The third kappa shape index (κ3) is 4.62. The number of alkyl halides is 1. The summed E-state index contributed by atoms with van der Waals surface area (Å²) in [7, 11) is -1.08. The summed E-state index contributed by atoms with van der Waals surface area (Å²) in [6, 6.07) is 21.0. The van der Waals surface area contributed by atoms with Gasteiger partial charge in [0, 0.05) is 18.0 Å². The van der Waals surface area contributed by atoms with Gasteiger partial charge in [0.2, 0.25) is 0 Å². The summed E-state index contributed by atoms with van der Waals surface area (Å²) in [5, 5.41) is 12.9.